The van der Waals surface area contributed by atoms with Crippen LogP contribution >= 0.6 is 0 Å². The lowest BCUT2D eigenvalue weighted by molar-refractivity contribution is 0.0895. The van der Waals surface area contributed by atoms with Crippen molar-refractivity contribution >= 4 is 15.9 Å². The second kappa shape index (κ2) is 7.02. The van der Waals surface area contributed by atoms with Crippen LogP contribution in [0.15, 0.2) is 24.3 Å². The fraction of sp³-hybridized carbons (Fsp3) is 0.500. The zero-order chi connectivity index (χ0) is 16.1. The fourth-order valence-electron chi connectivity index (χ4n) is 2.11. The lowest BCUT2D eigenvalue weighted by Crippen LogP contribution is -2.52. The Morgan fingerprint density at radius 2 is 1.90 bits per heavy atom. The van der Waals surface area contributed by atoms with Gasteiger partial charge in [-0.2, -0.15) is 0 Å². The van der Waals surface area contributed by atoms with E-state index in [2.05, 4.69) is 5.32 Å². The number of amides is 1. The summed E-state index contributed by atoms with van der Waals surface area (Å²) in [6, 6.07) is 6.43. The molecule has 21 heavy (non-hydrogen) atoms. The number of hydrogen-bond donors (Lipinski definition) is 3. The standard InChI is InChI=1S/C14H23N3O3S/c1-3-14(4-2,10-15)17-13(18)12-7-5-6-11(8-12)9-21(16,19)20/h5-8H,3-4,9-10,15H2,1-2H3,(H,17,18)(H2,16,19,20). The highest BCUT2D eigenvalue weighted by Gasteiger charge is 2.26. The molecule has 7 heteroatoms. The van der Waals surface area contributed by atoms with Crippen molar-refractivity contribution in [3.63, 3.8) is 0 Å². The van der Waals surface area contributed by atoms with Crippen molar-refractivity contribution in [2.24, 2.45) is 10.9 Å². The highest BCUT2D eigenvalue weighted by atomic mass is 32.2. The summed E-state index contributed by atoms with van der Waals surface area (Å²) in [6.45, 7) is 4.28. The Morgan fingerprint density at radius 1 is 1.29 bits per heavy atom. The summed E-state index contributed by atoms with van der Waals surface area (Å²) in [5.41, 5.74) is 6.20. The van der Waals surface area contributed by atoms with Crippen molar-refractivity contribution in [2.45, 2.75) is 38.0 Å². The number of rotatable bonds is 7. The van der Waals surface area contributed by atoms with Crippen molar-refractivity contribution in [2.75, 3.05) is 6.54 Å². The molecule has 1 aromatic carbocycles. The molecule has 0 atom stereocenters. The van der Waals surface area contributed by atoms with Crippen molar-refractivity contribution < 1.29 is 13.2 Å². The second-order valence-corrected chi connectivity index (χ2v) is 6.77. The number of hydrogen-bond acceptors (Lipinski definition) is 4. The summed E-state index contributed by atoms with van der Waals surface area (Å²) in [5.74, 6) is -0.557. The number of carbonyl (C=O) groups is 1. The van der Waals surface area contributed by atoms with Crippen molar-refractivity contribution in [1.82, 2.24) is 5.32 Å². The molecule has 0 aromatic heterocycles. The van der Waals surface area contributed by atoms with E-state index in [1.807, 2.05) is 13.8 Å². The molecule has 0 bridgehead atoms. The molecule has 0 saturated carbocycles. The lowest BCUT2D eigenvalue weighted by Gasteiger charge is -2.31. The molecular weight excluding hydrogens is 290 g/mol. The monoisotopic (exact) mass is 313 g/mol. The largest absolute Gasteiger partial charge is 0.345 e. The molecule has 0 aliphatic rings. The van der Waals surface area contributed by atoms with Crippen LogP contribution in [0.2, 0.25) is 0 Å². The molecular formula is C14H23N3O3S. The van der Waals surface area contributed by atoms with Gasteiger partial charge in [-0.05, 0) is 30.5 Å². The summed E-state index contributed by atoms with van der Waals surface area (Å²) in [5, 5.41) is 7.96. The maximum absolute atomic E-state index is 12.3. The minimum Gasteiger partial charge on any atom is -0.345 e. The predicted molar refractivity (Wildman–Crippen MR) is 83.1 cm³/mol. The topological polar surface area (TPSA) is 115 Å². The van der Waals surface area contributed by atoms with E-state index in [1.54, 1.807) is 18.2 Å². The molecule has 0 heterocycles. The van der Waals surface area contributed by atoms with Crippen LogP contribution in [-0.2, 0) is 15.8 Å². The van der Waals surface area contributed by atoms with E-state index in [4.69, 9.17) is 10.9 Å². The smallest absolute Gasteiger partial charge is 0.251 e. The molecule has 0 radical (unpaired) electrons. The van der Waals surface area contributed by atoms with E-state index in [1.165, 1.54) is 6.07 Å². The third kappa shape index (κ3) is 5.11. The minimum absolute atomic E-state index is 0.264. The molecule has 1 rings (SSSR count). The van der Waals surface area contributed by atoms with Crippen LogP contribution in [0.3, 0.4) is 0 Å². The number of primary sulfonamides is 1. The van der Waals surface area contributed by atoms with Crippen LogP contribution in [0.25, 0.3) is 0 Å². The van der Waals surface area contributed by atoms with E-state index in [0.717, 1.165) is 12.8 Å². The highest BCUT2D eigenvalue weighted by Crippen LogP contribution is 2.15. The van der Waals surface area contributed by atoms with Gasteiger partial charge < -0.3 is 11.1 Å². The van der Waals surface area contributed by atoms with E-state index < -0.39 is 15.6 Å². The van der Waals surface area contributed by atoms with E-state index in [-0.39, 0.29) is 11.7 Å². The summed E-state index contributed by atoms with van der Waals surface area (Å²) in [7, 11) is -3.62. The zero-order valence-corrected chi connectivity index (χ0v) is 13.2. The van der Waals surface area contributed by atoms with E-state index in [9.17, 15) is 13.2 Å². The molecule has 0 unspecified atom stereocenters. The Kier molecular flexibility index (Phi) is 5.88. The Labute approximate surface area is 126 Å². The van der Waals surface area contributed by atoms with Crippen LogP contribution in [-0.4, -0.2) is 26.4 Å². The summed E-state index contributed by atoms with van der Waals surface area (Å²) >= 11 is 0. The van der Waals surface area contributed by atoms with Crippen LogP contribution < -0.4 is 16.2 Å². The molecule has 118 valence electrons. The summed E-state index contributed by atoms with van der Waals surface area (Å²) < 4.78 is 22.2. The summed E-state index contributed by atoms with van der Waals surface area (Å²) in [4.78, 5) is 12.3. The average Bonchev–Trinajstić information content (AvgIpc) is 2.43. The van der Waals surface area contributed by atoms with Crippen LogP contribution in [0, 0.1) is 0 Å². The van der Waals surface area contributed by atoms with Crippen molar-refractivity contribution in [3.05, 3.63) is 35.4 Å². The first kappa shape index (κ1) is 17.6. The van der Waals surface area contributed by atoms with E-state index >= 15 is 0 Å². The van der Waals surface area contributed by atoms with Crippen LogP contribution in [0.5, 0.6) is 0 Å². The first-order valence-corrected chi connectivity index (χ1v) is 8.59. The Morgan fingerprint density at radius 3 is 2.38 bits per heavy atom. The fourth-order valence-corrected chi connectivity index (χ4v) is 2.76. The first-order chi connectivity index (χ1) is 9.75. The molecule has 0 saturated heterocycles. The maximum Gasteiger partial charge on any atom is 0.251 e. The van der Waals surface area contributed by atoms with Crippen LogP contribution in [0.1, 0.15) is 42.6 Å². The maximum atomic E-state index is 12.3. The van der Waals surface area contributed by atoms with Gasteiger partial charge in [-0.3, -0.25) is 4.79 Å². The number of benzene rings is 1. The van der Waals surface area contributed by atoms with Crippen molar-refractivity contribution in [3.8, 4) is 0 Å². The van der Waals surface area contributed by atoms with Gasteiger partial charge in [-0.1, -0.05) is 26.0 Å². The van der Waals surface area contributed by atoms with Gasteiger partial charge >= 0.3 is 0 Å². The Bertz CT molecular complexity index is 587. The van der Waals surface area contributed by atoms with Gasteiger partial charge in [-0.15, -0.1) is 0 Å². The molecule has 0 spiro atoms. The van der Waals surface area contributed by atoms with Gasteiger partial charge in [0.25, 0.3) is 5.91 Å². The molecule has 0 aliphatic heterocycles. The Hall–Kier alpha value is -1.44. The normalized spacial score (nSPS) is 12.2. The summed E-state index contributed by atoms with van der Waals surface area (Å²) in [6.07, 6.45) is 1.45. The van der Waals surface area contributed by atoms with Crippen LogP contribution in [0.4, 0.5) is 0 Å². The predicted octanol–water partition coefficient (Wildman–Crippen LogP) is 0.722. The zero-order valence-electron chi connectivity index (χ0n) is 12.4. The molecule has 5 N–H and O–H groups in total. The van der Waals surface area contributed by atoms with E-state index in [0.29, 0.717) is 17.7 Å². The third-order valence-electron chi connectivity index (χ3n) is 3.68. The number of carbonyl (C=O) groups excluding carboxylic acids is 1. The van der Waals surface area contributed by atoms with Gasteiger partial charge in [0.2, 0.25) is 10.0 Å². The molecule has 0 fully saturated rings. The quantitative estimate of drug-likeness (QED) is 0.688. The molecule has 1 amide bonds. The molecule has 1 aromatic rings. The van der Waals surface area contributed by atoms with Crippen molar-refractivity contribution in [1.29, 1.82) is 0 Å². The first-order valence-electron chi connectivity index (χ1n) is 6.87. The third-order valence-corrected chi connectivity index (χ3v) is 4.42. The number of nitrogens with one attached hydrogen (secondary N) is 1. The number of sulfonamides is 1. The second-order valence-electron chi connectivity index (χ2n) is 5.15. The van der Waals surface area contributed by atoms with Gasteiger partial charge in [-0.25, -0.2) is 13.6 Å². The Balaban J connectivity index is 2.95. The molecule has 0 aliphatic carbocycles. The minimum atomic E-state index is -3.62. The number of nitrogens with two attached hydrogens (primary N) is 2. The van der Waals surface area contributed by atoms with Gasteiger partial charge in [0, 0.05) is 12.1 Å². The van der Waals surface area contributed by atoms with Gasteiger partial charge in [0.05, 0.1) is 11.3 Å². The highest BCUT2D eigenvalue weighted by molar-refractivity contribution is 7.88. The molecule has 6 nitrogen and oxygen atoms in total. The van der Waals surface area contributed by atoms with Gasteiger partial charge in [0.15, 0.2) is 0 Å². The van der Waals surface area contributed by atoms with Gasteiger partial charge in [0.1, 0.15) is 0 Å². The average molecular weight is 313 g/mol. The SMILES string of the molecule is CCC(CC)(CN)NC(=O)c1cccc(CS(N)(=O)=O)c1. The lowest BCUT2D eigenvalue weighted by atomic mass is 9.92.